The Kier molecular flexibility index (Phi) is 3.29. The number of pyridine rings is 2. The molecule has 2 rings (SSSR count). The highest BCUT2D eigenvalue weighted by molar-refractivity contribution is 9.10. The smallest absolute Gasteiger partial charge is 0.331 e. The van der Waals surface area contributed by atoms with Gasteiger partial charge >= 0.3 is 5.69 Å². The summed E-state index contributed by atoms with van der Waals surface area (Å²) in [6.07, 6.45) is 3.00. The summed E-state index contributed by atoms with van der Waals surface area (Å²) in [5.41, 5.74) is -0.191. The number of nitrogens with zero attached hydrogens (tertiary/aromatic N) is 3. The Bertz CT molecular complexity index is 562. The minimum Gasteiger partial charge on any atom is -0.431 e. The first-order valence-electron chi connectivity index (χ1n) is 4.56. The summed E-state index contributed by atoms with van der Waals surface area (Å²) in [6, 6.07) is 6.10. The third-order valence-corrected chi connectivity index (χ3v) is 2.47. The molecule has 0 aliphatic heterocycles. The van der Waals surface area contributed by atoms with E-state index in [2.05, 4.69) is 25.9 Å². The Balaban J connectivity index is 2.37. The van der Waals surface area contributed by atoms with Crippen LogP contribution in [0.1, 0.15) is 0 Å². The highest BCUT2D eigenvalue weighted by Crippen LogP contribution is 2.31. The van der Waals surface area contributed by atoms with E-state index in [0.717, 1.165) is 0 Å². The van der Waals surface area contributed by atoms with Crippen molar-refractivity contribution in [2.24, 2.45) is 0 Å². The SMILES string of the molecule is O=[N+]([O-])c1cccnc1Oc1cccnc1Br. The summed E-state index contributed by atoms with van der Waals surface area (Å²) in [5, 5.41) is 10.8. The lowest BCUT2D eigenvalue weighted by Gasteiger charge is -2.05. The van der Waals surface area contributed by atoms with Crippen LogP contribution in [0.3, 0.4) is 0 Å². The fourth-order valence-electron chi connectivity index (χ4n) is 1.15. The highest BCUT2D eigenvalue weighted by Gasteiger charge is 2.17. The van der Waals surface area contributed by atoms with Gasteiger partial charge in [-0.05, 0) is 34.1 Å². The van der Waals surface area contributed by atoms with Crippen LogP contribution in [0.4, 0.5) is 5.69 Å². The number of hydrogen-bond acceptors (Lipinski definition) is 5. The number of halogens is 1. The van der Waals surface area contributed by atoms with Crippen molar-refractivity contribution in [3.63, 3.8) is 0 Å². The zero-order chi connectivity index (χ0) is 12.3. The van der Waals surface area contributed by atoms with Crippen LogP contribution in [0.15, 0.2) is 41.3 Å². The summed E-state index contributed by atoms with van der Waals surface area (Å²) in [4.78, 5) is 18.0. The number of aromatic nitrogens is 2. The van der Waals surface area contributed by atoms with Crippen LogP contribution >= 0.6 is 15.9 Å². The summed E-state index contributed by atoms with van der Waals surface area (Å²) in [7, 11) is 0. The van der Waals surface area contributed by atoms with Gasteiger partial charge in [-0.25, -0.2) is 9.97 Å². The van der Waals surface area contributed by atoms with Gasteiger partial charge in [0.25, 0.3) is 5.88 Å². The van der Waals surface area contributed by atoms with Crippen molar-refractivity contribution in [3.05, 3.63) is 51.4 Å². The molecule has 2 aromatic rings. The lowest BCUT2D eigenvalue weighted by molar-refractivity contribution is -0.386. The number of nitro groups is 1. The third-order valence-electron chi connectivity index (χ3n) is 1.88. The van der Waals surface area contributed by atoms with Gasteiger partial charge in [0, 0.05) is 18.5 Å². The first-order chi connectivity index (χ1) is 8.18. The van der Waals surface area contributed by atoms with Crippen molar-refractivity contribution in [1.82, 2.24) is 9.97 Å². The van der Waals surface area contributed by atoms with Gasteiger partial charge in [0.15, 0.2) is 5.75 Å². The maximum Gasteiger partial charge on any atom is 0.331 e. The third kappa shape index (κ3) is 2.56. The van der Waals surface area contributed by atoms with Gasteiger partial charge in [-0.2, -0.15) is 0 Å². The fourth-order valence-corrected chi connectivity index (χ4v) is 1.48. The van der Waals surface area contributed by atoms with Crippen LogP contribution in [0.25, 0.3) is 0 Å². The molecule has 0 spiro atoms. The average molecular weight is 296 g/mol. The molecule has 7 heteroatoms. The van der Waals surface area contributed by atoms with E-state index in [-0.39, 0.29) is 11.6 Å². The molecule has 17 heavy (non-hydrogen) atoms. The molecule has 0 unspecified atom stereocenters. The maximum absolute atomic E-state index is 10.8. The molecule has 2 heterocycles. The maximum atomic E-state index is 10.8. The Morgan fingerprint density at radius 2 is 1.94 bits per heavy atom. The first kappa shape index (κ1) is 11.5. The van der Waals surface area contributed by atoms with Gasteiger partial charge in [0.1, 0.15) is 4.60 Å². The van der Waals surface area contributed by atoms with Crippen molar-refractivity contribution < 1.29 is 9.66 Å². The number of ether oxygens (including phenoxy) is 1. The number of hydrogen-bond donors (Lipinski definition) is 0. The van der Waals surface area contributed by atoms with Gasteiger partial charge in [-0.1, -0.05) is 0 Å². The predicted octanol–water partition coefficient (Wildman–Crippen LogP) is 2.94. The predicted molar refractivity (Wildman–Crippen MR) is 62.9 cm³/mol. The second-order valence-electron chi connectivity index (χ2n) is 2.98. The molecule has 2 aromatic heterocycles. The molecule has 0 saturated carbocycles. The van der Waals surface area contributed by atoms with Gasteiger partial charge in [0.2, 0.25) is 0 Å². The summed E-state index contributed by atoms with van der Waals surface area (Å²) >= 11 is 3.18. The molecule has 0 atom stereocenters. The van der Waals surface area contributed by atoms with Crippen molar-refractivity contribution in [2.75, 3.05) is 0 Å². The molecule has 0 saturated heterocycles. The highest BCUT2D eigenvalue weighted by atomic mass is 79.9. The minimum atomic E-state index is -0.549. The van der Waals surface area contributed by atoms with Crippen molar-refractivity contribution in [1.29, 1.82) is 0 Å². The molecule has 86 valence electrons. The fraction of sp³-hybridized carbons (Fsp3) is 0. The Labute approximate surface area is 105 Å². The van der Waals surface area contributed by atoms with Crippen molar-refractivity contribution in [2.45, 2.75) is 0 Å². The standard InChI is InChI=1S/C10H6BrN3O3/c11-9-8(4-2-5-12-9)17-10-7(14(15)16)3-1-6-13-10/h1-6H. The molecular formula is C10H6BrN3O3. The molecule has 0 radical (unpaired) electrons. The molecule has 0 fully saturated rings. The second-order valence-corrected chi connectivity index (χ2v) is 3.73. The molecule has 0 amide bonds. The topological polar surface area (TPSA) is 78.2 Å². The molecular weight excluding hydrogens is 290 g/mol. The van der Waals surface area contributed by atoms with E-state index >= 15 is 0 Å². The Morgan fingerprint density at radius 3 is 2.65 bits per heavy atom. The average Bonchev–Trinajstić information content (AvgIpc) is 2.32. The van der Waals surface area contributed by atoms with Gasteiger partial charge in [-0.15, -0.1) is 0 Å². The second kappa shape index (κ2) is 4.88. The zero-order valence-corrected chi connectivity index (χ0v) is 9.99. The minimum absolute atomic E-state index is 0.0637. The van der Waals surface area contributed by atoms with E-state index in [9.17, 15) is 10.1 Å². The molecule has 0 bridgehead atoms. The van der Waals surface area contributed by atoms with Crippen LogP contribution in [-0.2, 0) is 0 Å². The normalized spacial score (nSPS) is 9.94. The zero-order valence-electron chi connectivity index (χ0n) is 8.41. The summed E-state index contributed by atoms with van der Waals surface area (Å²) < 4.78 is 5.80. The van der Waals surface area contributed by atoms with Crippen molar-refractivity contribution in [3.8, 4) is 11.6 Å². The van der Waals surface area contributed by atoms with E-state index in [1.54, 1.807) is 18.3 Å². The van der Waals surface area contributed by atoms with Crippen LogP contribution < -0.4 is 4.74 Å². The van der Waals surface area contributed by atoms with Gasteiger partial charge in [-0.3, -0.25) is 10.1 Å². The molecule has 6 nitrogen and oxygen atoms in total. The lowest BCUT2D eigenvalue weighted by Crippen LogP contribution is -1.96. The largest absolute Gasteiger partial charge is 0.431 e. The summed E-state index contributed by atoms with van der Waals surface area (Å²) in [5.74, 6) is 0.306. The quantitative estimate of drug-likeness (QED) is 0.494. The van der Waals surface area contributed by atoms with Crippen LogP contribution in [-0.4, -0.2) is 14.9 Å². The number of rotatable bonds is 3. The van der Waals surface area contributed by atoms with E-state index in [4.69, 9.17) is 4.74 Å². The van der Waals surface area contributed by atoms with Crippen LogP contribution in [0.5, 0.6) is 11.6 Å². The van der Waals surface area contributed by atoms with E-state index in [1.807, 2.05) is 0 Å². The Hall–Kier alpha value is -2.02. The van der Waals surface area contributed by atoms with E-state index in [1.165, 1.54) is 18.3 Å². The lowest BCUT2D eigenvalue weighted by atomic mass is 10.4. The van der Waals surface area contributed by atoms with E-state index in [0.29, 0.717) is 10.4 Å². The van der Waals surface area contributed by atoms with Crippen molar-refractivity contribution >= 4 is 21.6 Å². The Morgan fingerprint density at radius 1 is 1.24 bits per heavy atom. The molecule has 0 N–H and O–H groups in total. The first-order valence-corrected chi connectivity index (χ1v) is 5.35. The molecule has 0 aliphatic carbocycles. The van der Waals surface area contributed by atoms with E-state index < -0.39 is 4.92 Å². The molecule has 0 aliphatic rings. The van der Waals surface area contributed by atoms with Crippen LogP contribution in [0.2, 0.25) is 0 Å². The molecule has 0 aromatic carbocycles. The van der Waals surface area contributed by atoms with Gasteiger partial charge in [0.05, 0.1) is 4.92 Å². The monoisotopic (exact) mass is 295 g/mol. The summed E-state index contributed by atoms with van der Waals surface area (Å²) in [6.45, 7) is 0. The van der Waals surface area contributed by atoms with Crippen LogP contribution in [0, 0.1) is 10.1 Å². The van der Waals surface area contributed by atoms with Gasteiger partial charge < -0.3 is 4.74 Å².